The molecule has 1 fully saturated rings. The number of likely N-dealkylation sites (tertiary alicyclic amines) is 1. The van der Waals surface area contributed by atoms with Gasteiger partial charge < -0.3 is 14.6 Å². The number of β-amino-alcohol motifs (C(OH)–C–C–N with tert-alkyl or cyclic N) is 1. The van der Waals surface area contributed by atoms with Crippen LogP contribution in [0.15, 0.2) is 30.5 Å². The summed E-state index contributed by atoms with van der Waals surface area (Å²) in [6.45, 7) is 4.30. The molecule has 1 aromatic carbocycles. The molecule has 1 aliphatic rings. The summed E-state index contributed by atoms with van der Waals surface area (Å²) < 4.78 is 1.90. The van der Waals surface area contributed by atoms with Crippen molar-refractivity contribution in [3.63, 3.8) is 0 Å². The number of aromatic nitrogens is 1. The molecule has 1 saturated heterocycles. The van der Waals surface area contributed by atoms with Gasteiger partial charge in [-0.05, 0) is 19.4 Å². The quantitative estimate of drug-likeness (QED) is 0.878. The Morgan fingerprint density at radius 1 is 1.32 bits per heavy atom. The fourth-order valence-electron chi connectivity index (χ4n) is 3.08. The first kappa shape index (κ1) is 14.8. The van der Waals surface area contributed by atoms with Crippen molar-refractivity contribution in [3.8, 4) is 0 Å². The van der Waals surface area contributed by atoms with Crippen LogP contribution < -0.4 is 0 Å². The van der Waals surface area contributed by atoms with E-state index in [0.29, 0.717) is 25.1 Å². The van der Waals surface area contributed by atoms with E-state index in [0.717, 1.165) is 10.9 Å². The van der Waals surface area contributed by atoms with E-state index in [-0.39, 0.29) is 17.7 Å². The lowest BCUT2D eigenvalue weighted by atomic mass is 10.1. The number of hydrogen-bond donors (Lipinski definition) is 1. The number of ketones is 1. The molecule has 0 bridgehead atoms. The van der Waals surface area contributed by atoms with Crippen molar-refractivity contribution in [3.05, 3.63) is 36.0 Å². The van der Waals surface area contributed by atoms with Gasteiger partial charge >= 0.3 is 0 Å². The molecule has 0 unspecified atom stereocenters. The Morgan fingerprint density at radius 3 is 2.59 bits per heavy atom. The van der Waals surface area contributed by atoms with Crippen LogP contribution in [0.2, 0.25) is 0 Å². The van der Waals surface area contributed by atoms with Gasteiger partial charge in [-0.1, -0.05) is 25.1 Å². The lowest BCUT2D eigenvalue weighted by Gasteiger charge is -2.38. The molecular formula is C17H20N2O3. The maximum Gasteiger partial charge on any atom is 0.245 e. The molecule has 0 spiro atoms. The highest BCUT2D eigenvalue weighted by Gasteiger charge is 2.34. The first-order valence-electron chi connectivity index (χ1n) is 7.60. The van der Waals surface area contributed by atoms with E-state index in [1.165, 1.54) is 0 Å². The summed E-state index contributed by atoms with van der Waals surface area (Å²) in [4.78, 5) is 26.2. The SMILES string of the molecule is CC[C@@H](C(=O)N1CC(O)C1)n1cc(C(C)=O)c2ccccc21. The molecule has 0 saturated carbocycles. The summed E-state index contributed by atoms with van der Waals surface area (Å²) in [5.41, 5.74) is 1.54. The maximum atomic E-state index is 12.6. The zero-order chi connectivity index (χ0) is 15.9. The van der Waals surface area contributed by atoms with Gasteiger partial charge in [-0.25, -0.2) is 0 Å². The molecular weight excluding hydrogens is 280 g/mol. The van der Waals surface area contributed by atoms with E-state index in [2.05, 4.69) is 0 Å². The fraction of sp³-hybridized carbons (Fsp3) is 0.412. The smallest absolute Gasteiger partial charge is 0.245 e. The normalized spacial score (nSPS) is 16.6. The molecule has 5 heteroatoms. The van der Waals surface area contributed by atoms with Gasteiger partial charge in [0.15, 0.2) is 5.78 Å². The molecule has 0 radical (unpaired) electrons. The summed E-state index contributed by atoms with van der Waals surface area (Å²) in [6, 6.07) is 7.31. The van der Waals surface area contributed by atoms with Crippen LogP contribution in [0.1, 0.15) is 36.7 Å². The molecule has 2 aromatic rings. The first-order valence-corrected chi connectivity index (χ1v) is 7.60. The molecule has 116 valence electrons. The van der Waals surface area contributed by atoms with Gasteiger partial charge in [0.05, 0.1) is 6.10 Å². The number of carbonyl (C=O) groups is 2. The third-order valence-electron chi connectivity index (χ3n) is 4.30. The lowest BCUT2D eigenvalue weighted by molar-refractivity contribution is -0.144. The van der Waals surface area contributed by atoms with Crippen LogP contribution >= 0.6 is 0 Å². The van der Waals surface area contributed by atoms with E-state index in [4.69, 9.17) is 0 Å². The second-order valence-electron chi connectivity index (χ2n) is 5.84. The van der Waals surface area contributed by atoms with Crippen molar-refractivity contribution < 1.29 is 14.7 Å². The number of fused-ring (bicyclic) bond motifs is 1. The molecule has 1 amide bonds. The van der Waals surface area contributed by atoms with Gasteiger partial charge in [-0.3, -0.25) is 9.59 Å². The Kier molecular flexibility index (Phi) is 3.74. The van der Waals surface area contributed by atoms with Gasteiger partial charge in [0.25, 0.3) is 0 Å². The third kappa shape index (κ3) is 2.31. The van der Waals surface area contributed by atoms with Crippen LogP contribution in [0, 0.1) is 0 Å². The molecule has 1 N–H and O–H groups in total. The average molecular weight is 300 g/mol. The molecule has 1 aromatic heterocycles. The number of benzene rings is 1. The highest BCUT2D eigenvalue weighted by atomic mass is 16.3. The number of rotatable bonds is 4. The predicted octanol–water partition coefficient (Wildman–Crippen LogP) is 2.00. The minimum Gasteiger partial charge on any atom is -0.389 e. The Morgan fingerprint density at radius 2 is 2.00 bits per heavy atom. The van der Waals surface area contributed by atoms with Crippen LogP contribution in [-0.2, 0) is 4.79 Å². The number of Topliss-reactive ketones (excluding diaryl/α,β-unsaturated/α-hetero) is 1. The summed E-state index contributed by atoms with van der Waals surface area (Å²) in [7, 11) is 0. The van der Waals surface area contributed by atoms with Crippen molar-refractivity contribution >= 4 is 22.6 Å². The number of aliphatic hydroxyl groups excluding tert-OH is 1. The number of hydrogen-bond acceptors (Lipinski definition) is 3. The lowest BCUT2D eigenvalue weighted by Crippen LogP contribution is -2.55. The van der Waals surface area contributed by atoms with Gasteiger partial charge in [0.2, 0.25) is 5.91 Å². The van der Waals surface area contributed by atoms with Crippen LogP contribution in [0.5, 0.6) is 0 Å². The van der Waals surface area contributed by atoms with Crippen LogP contribution in [0.4, 0.5) is 0 Å². The number of nitrogens with zero attached hydrogens (tertiary/aromatic N) is 2. The highest BCUT2D eigenvalue weighted by molar-refractivity contribution is 6.07. The van der Waals surface area contributed by atoms with Crippen molar-refractivity contribution in [2.75, 3.05) is 13.1 Å². The molecule has 3 rings (SSSR count). The van der Waals surface area contributed by atoms with E-state index < -0.39 is 6.10 Å². The average Bonchev–Trinajstić information content (AvgIpc) is 2.85. The second kappa shape index (κ2) is 5.57. The summed E-state index contributed by atoms with van der Waals surface area (Å²) in [5, 5.41) is 10.3. The van der Waals surface area contributed by atoms with Gasteiger partial charge in [0, 0.05) is 35.8 Å². The molecule has 0 aliphatic carbocycles. The Bertz CT molecular complexity index is 729. The van der Waals surface area contributed by atoms with Crippen molar-refractivity contribution in [1.82, 2.24) is 9.47 Å². The predicted molar refractivity (Wildman–Crippen MR) is 83.9 cm³/mol. The number of para-hydroxylation sites is 1. The number of amides is 1. The van der Waals surface area contributed by atoms with Crippen molar-refractivity contribution in [1.29, 1.82) is 0 Å². The monoisotopic (exact) mass is 300 g/mol. The minimum atomic E-state index is -0.407. The second-order valence-corrected chi connectivity index (χ2v) is 5.84. The Hall–Kier alpha value is -2.14. The highest BCUT2D eigenvalue weighted by Crippen LogP contribution is 2.28. The standard InChI is InChI=1S/C17H20N2O3/c1-3-15(17(22)18-8-12(21)9-18)19-10-14(11(2)20)13-6-4-5-7-16(13)19/h4-7,10,12,15,21H,3,8-9H2,1-2H3/t15-/m0/s1. The van der Waals surface area contributed by atoms with Crippen LogP contribution in [0.25, 0.3) is 10.9 Å². The van der Waals surface area contributed by atoms with Gasteiger partial charge in [0.1, 0.15) is 6.04 Å². The van der Waals surface area contributed by atoms with Crippen LogP contribution in [0.3, 0.4) is 0 Å². The Balaban J connectivity index is 2.04. The largest absolute Gasteiger partial charge is 0.389 e. The fourth-order valence-corrected chi connectivity index (χ4v) is 3.08. The maximum absolute atomic E-state index is 12.6. The molecule has 1 atom stereocenters. The zero-order valence-electron chi connectivity index (χ0n) is 12.8. The third-order valence-corrected chi connectivity index (χ3v) is 4.30. The first-order chi connectivity index (χ1) is 10.5. The van der Waals surface area contributed by atoms with Gasteiger partial charge in [-0.2, -0.15) is 0 Å². The zero-order valence-corrected chi connectivity index (χ0v) is 12.8. The van der Waals surface area contributed by atoms with Crippen molar-refractivity contribution in [2.45, 2.75) is 32.4 Å². The van der Waals surface area contributed by atoms with E-state index >= 15 is 0 Å². The summed E-state index contributed by atoms with van der Waals surface area (Å²) in [5.74, 6) is 0.000259. The molecule has 1 aliphatic heterocycles. The van der Waals surface area contributed by atoms with Crippen molar-refractivity contribution in [2.24, 2.45) is 0 Å². The van der Waals surface area contributed by atoms with E-state index in [9.17, 15) is 14.7 Å². The number of carbonyl (C=O) groups excluding carboxylic acids is 2. The molecule has 22 heavy (non-hydrogen) atoms. The molecule has 2 heterocycles. The molecule has 5 nitrogen and oxygen atoms in total. The summed E-state index contributed by atoms with van der Waals surface area (Å²) >= 11 is 0. The van der Waals surface area contributed by atoms with Gasteiger partial charge in [-0.15, -0.1) is 0 Å². The summed E-state index contributed by atoms with van der Waals surface area (Å²) in [6.07, 6.45) is 2.02. The van der Waals surface area contributed by atoms with E-state index in [1.807, 2.05) is 35.8 Å². The minimum absolute atomic E-state index is 0.00313. The van der Waals surface area contributed by atoms with E-state index in [1.54, 1.807) is 18.0 Å². The topological polar surface area (TPSA) is 62.5 Å². The Labute approximate surface area is 129 Å². The number of aliphatic hydroxyl groups is 1. The van der Waals surface area contributed by atoms with Crippen LogP contribution in [-0.4, -0.2) is 45.5 Å².